The molecular formula is C18H36N2O3. The molecule has 0 aliphatic heterocycles. The summed E-state index contributed by atoms with van der Waals surface area (Å²) in [5.41, 5.74) is -0.753. The van der Waals surface area contributed by atoms with Gasteiger partial charge in [-0.2, -0.15) is 0 Å². The minimum Gasteiger partial charge on any atom is -0.444 e. The van der Waals surface area contributed by atoms with Gasteiger partial charge in [-0.3, -0.25) is 0 Å². The lowest BCUT2D eigenvalue weighted by molar-refractivity contribution is 0.00655. The molecule has 0 radical (unpaired) electrons. The lowest BCUT2D eigenvalue weighted by Gasteiger charge is -2.37. The number of aliphatic hydroxyl groups is 1. The van der Waals surface area contributed by atoms with E-state index in [1.54, 1.807) is 4.90 Å². The highest BCUT2D eigenvalue weighted by Crippen LogP contribution is 2.23. The van der Waals surface area contributed by atoms with Gasteiger partial charge < -0.3 is 20.1 Å². The molecule has 0 aromatic heterocycles. The first-order valence-corrected chi connectivity index (χ1v) is 8.88. The Labute approximate surface area is 141 Å². The summed E-state index contributed by atoms with van der Waals surface area (Å²) in [6, 6.07) is 0. The lowest BCUT2D eigenvalue weighted by atomic mass is 9.87. The van der Waals surface area contributed by atoms with Crippen LogP contribution >= 0.6 is 0 Å². The van der Waals surface area contributed by atoms with E-state index >= 15 is 0 Å². The van der Waals surface area contributed by atoms with Crippen molar-refractivity contribution in [1.82, 2.24) is 10.2 Å². The van der Waals surface area contributed by atoms with Crippen molar-refractivity contribution in [3.63, 3.8) is 0 Å². The predicted octanol–water partition coefficient (Wildman–Crippen LogP) is 3.16. The molecule has 0 aromatic rings. The topological polar surface area (TPSA) is 61.8 Å². The minimum absolute atomic E-state index is 0.136. The van der Waals surface area contributed by atoms with Gasteiger partial charge in [0.1, 0.15) is 5.60 Å². The van der Waals surface area contributed by atoms with Crippen LogP contribution in [0.5, 0.6) is 0 Å². The molecule has 5 heteroatoms. The molecule has 1 aliphatic carbocycles. The summed E-state index contributed by atoms with van der Waals surface area (Å²) in [4.78, 5) is 14.2. The summed E-state index contributed by atoms with van der Waals surface area (Å²) in [7, 11) is 0. The Morgan fingerprint density at radius 3 is 2.39 bits per heavy atom. The van der Waals surface area contributed by atoms with E-state index in [2.05, 4.69) is 5.32 Å². The number of carbonyl (C=O) groups is 1. The van der Waals surface area contributed by atoms with Gasteiger partial charge in [0.05, 0.1) is 6.10 Å². The fraction of sp³-hybridized carbons (Fsp3) is 0.944. The number of ether oxygens (including phenoxy) is 1. The molecule has 0 aromatic carbocycles. The van der Waals surface area contributed by atoms with Crippen molar-refractivity contribution in [3.05, 3.63) is 0 Å². The van der Waals surface area contributed by atoms with E-state index in [4.69, 9.17) is 4.74 Å². The largest absolute Gasteiger partial charge is 0.444 e. The second kappa shape index (κ2) is 8.34. The molecule has 136 valence electrons. The SMILES string of the molecule is CC(C)(C)OC(=O)N(CCNCC1CCCC(O)C1)C(C)(C)C. The Kier molecular flexibility index (Phi) is 7.33. The summed E-state index contributed by atoms with van der Waals surface area (Å²) in [5.74, 6) is 0.545. The number of aliphatic hydroxyl groups excluding tert-OH is 1. The Balaban J connectivity index is 2.41. The van der Waals surface area contributed by atoms with Crippen LogP contribution in [0.2, 0.25) is 0 Å². The van der Waals surface area contributed by atoms with Gasteiger partial charge in [0.25, 0.3) is 0 Å². The summed E-state index contributed by atoms with van der Waals surface area (Å²) in [6.07, 6.45) is 3.72. The maximum atomic E-state index is 12.4. The molecule has 1 aliphatic rings. The van der Waals surface area contributed by atoms with Gasteiger partial charge in [0.15, 0.2) is 0 Å². The van der Waals surface area contributed by atoms with E-state index in [9.17, 15) is 9.90 Å². The van der Waals surface area contributed by atoms with Crippen molar-refractivity contribution in [3.8, 4) is 0 Å². The van der Waals surface area contributed by atoms with Gasteiger partial charge in [0, 0.05) is 18.6 Å². The number of rotatable bonds is 5. The van der Waals surface area contributed by atoms with Crippen LogP contribution in [0.4, 0.5) is 4.79 Å². The summed E-state index contributed by atoms with van der Waals surface area (Å²) in [5, 5.41) is 13.2. The zero-order chi connectivity index (χ0) is 17.7. The smallest absolute Gasteiger partial charge is 0.410 e. The number of carbonyl (C=O) groups excluding carboxylic acids is 1. The Morgan fingerprint density at radius 1 is 1.22 bits per heavy atom. The first-order valence-electron chi connectivity index (χ1n) is 8.88. The van der Waals surface area contributed by atoms with Crippen LogP contribution in [0.15, 0.2) is 0 Å². The van der Waals surface area contributed by atoms with Crippen LogP contribution in [-0.4, -0.2) is 53.0 Å². The monoisotopic (exact) mass is 328 g/mol. The lowest BCUT2D eigenvalue weighted by Crippen LogP contribution is -2.50. The molecule has 1 amide bonds. The minimum atomic E-state index is -0.480. The van der Waals surface area contributed by atoms with E-state index in [0.29, 0.717) is 12.5 Å². The second-order valence-electron chi connectivity index (χ2n) is 8.69. The highest BCUT2D eigenvalue weighted by molar-refractivity contribution is 5.69. The van der Waals surface area contributed by atoms with Crippen LogP contribution < -0.4 is 5.32 Å². The zero-order valence-corrected chi connectivity index (χ0v) is 15.8. The van der Waals surface area contributed by atoms with Crippen molar-refractivity contribution in [2.45, 2.75) is 84.5 Å². The summed E-state index contributed by atoms with van der Waals surface area (Å²) < 4.78 is 5.51. The molecule has 23 heavy (non-hydrogen) atoms. The summed E-state index contributed by atoms with van der Waals surface area (Å²) in [6.45, 7) is 14.0. The van der Waals surface area contributed by atoms with Gasteiger partial charge in [-0.05, 0) is 73.3 Å². The Morgan fingerprint density at radius 2 is 1.87 bits per heavy atom. The average molecular weight is 328 g/mol. The van der Waals surface area contributed by atoms with Crippen molar-refractivity contribution in [2.75, 3.05) is 19.6 Å². The number of hydrogen-bond acceptors (Lipinski definition) is 4. The Hall–Kier alpha value is -0.810. The van der Waals surface area contributed by atoms with E-state index < -0.39 is 5.60 Å². The molecule has 0 spiro atoms. The standard InChI is InChI=1S/C18H36N2O3/c1-17(2,3)20(16(22)23-18(4,5)6)11-10-19-13-14-8-7-9-15(21)12-14/h14-15,19,21H,7-13H2,1-6H3. The van der Waals surface area contributed by atoms with Crippen LogP contribution in [-0.2, 0) is 4.74 Å². The van der Waals surface area contributed by atoms with Crippen LogP contribution in [0.25, 0.3) is 0 Å². The first kappa shape index (κ1) is 20.2. The molecule has 0 saturated heterocycles. The summed E-state index contributed by atoms with van der Waals surface area (Å²) >= 11 is 0. The van der Waals surface area contributed by atoms with Crippen molar-refractivity contribution >= 4 is 6.09 Å². The Bertz CT molecular complexity index is 371. The number of amides is 1. The van der Waals surface area contributed by atoms with Crippen molar-refractivity contribution in [1.29, 1.82) is 0 Å². The average Bonchev–Trinajstić information content (AvgIpc) is 2.34. The number of nitrogens with one attached hydrogen (secondary N) is 1. The maximum Gasteiger partial charge on any atom is 0.410 e. The third kappa shape index (κ3) is 8.02. The zero-order valence-electron chi connectivity index (χ0n) is 15.8. The van der Waals surface area contributed by atoms with Crippen molar-refractivity contribution < 1.29 is 14.6 Å². The molecule has 1 fully saturated rings. The van der Waals surface area contributed by atoms with Gasteiger partial charge in [-0.1, -0.05) is 6.42 Å². The number of nitrogens with zero attached hydrogens (tertiary/aromatic N) is 1. The highest BCUT2D eigenvalue weighted by Gasteiger charge is 2.30. The number of hydrogen-bond donors (Lipinski definition) is 2. The normalized spacial score (nSPS) is 22.7. The third-order valence-corrected chi connectivity index (χ3v) is 4.12. The molecule has 5 nitrogen and oxygen atoms in total. The van der Waals surface area contributed by atoms with Crippen LogP contribution in [0.1, 0.15) is 67.2 Å². The van der Waals surface area contributed by atoms with E-state index in [1.807, 2.05) is 41.5 Å². The van der Waals surface area contributed by atoms with Crippen molar-refractivity contribution in [2.24, 2.45) is 5.92 Å². The van der Waals surface area contributed by atoms with Crippen LogP contribution in [0, 0.1) is 5.92 Å². The van der Waals surface area contributed by atoms with Gasteiger partial charge in [0.2, 0.25) is 0 Å². The van der Waals surface area contributed by atoms with Gasteiger partial charge >= 0.3 is 6.09 Å². The first-order chi connectivity index (χ1) is 10.5. The molecule has 2 unspecified atom stereocenters. The maximum absolute atomic E-state index is 12.4. The molecular weight excluding hydrogens is 292 g/mol. The fourth-order valence-corrected chi connectivity index (χ4v) is 2.96. The van der Waals surface area contributed by atoms with Gasteiger partial charge in [-0.25, -0.2) is 4.79 Å². The quantitative estimate of drug-likeness (QED) is 0.761. The molecule has 1 rings (SSSR count). The highest BCUT2D eigenvalue weighted by atomic mass is 16.6. The molecule has 2 atom stereocenters. The molecule has 2 N–H and O–H groups in total. The second-order valence-corrected chi connectivity index (χ2v) is 8.69. The molecule has 1 saturated carbocycles. The van der Waals surface area contributed by atoms with E-state index in [-0.39, 0.29) is 17.7 Å². The van der Waals surface area contributed by atoms with E-state index in [0.717, 1.165) is 32.4 Å². The van der Waals surface area contributed by atoms with Gasteiger partial charge in [-0.15, -0.1) is 0 Å². The molecule has 0 heterocycles. The fourth-order valence-electron chi connectivity index (χ4n) is 2.96. The molecule has 0 bridgehead atoms. The van der Waals surface area contributed by atoms with E-state index in [1.165, 1.54) is 6.42 Å². The van der Waals surface area contributed by atoms with Crippen LogP contribution in [0.3, 0.4) is 0 Å². The predicted molar refractivity (Wildman–Crippen MR) is 93.5 cm³/mol. The third-order valence-electron chi connectivity index (χ3n) is 4.12.